The average Bonchev–Trinajstić information content (AvgIpc) is 2.91. The van der Waals surface area contributed by atoms with Gasteiger partial charge in [-0.3, -0.25) is 4.79 Å². The second-order valence-corrected chi connectivity index (χ2v) is 4.57. The molecule has 0 bridgehead atoms. The van der Waals surface area contributed by atoms with E-state index in [0.717, 1.165) is 25.9 Å². The third-order valence-corrected chi connectivity index (χ3v) is 3.01. The summed E-state index contributed by atoms with van der Waals surface area (Å²) in [7, 11) is 0. The smallest absolute Gasteiger partial charge is 0.332 e. The van der Waals surface area contributed by atoms with Crippen molar-refractivity contribution in [3.05, 3.63) is 0 Å². The van der Waals surface area contributed by atoms with Crippen LogP contribution in [0.2, 0.25) is 0 Å². The van der Waals surface area contributed by atoms with Crippen LogP contribution in [0.4, 0.5) is 0 Å². The molecule has 1 saturated heterocycles. The average molecular weight is 272 g/mol. The Labute approximate surface area is 114 Å². The summed E-state index contributed by atoms with van der Waals surface area (Å²) in [6.07, 6.45) is 2.20. The van der Waals surface area contributed by atoms with Crippen molar-refractivity contribution in [3.63, 3.8) is 0 Å². The summed E-state index contributed by atoms with van der Waals surface area (Å²) in [5.74, 6) is -0.216. The predicted octanol–water partition coefficient (Wildman–Crippen LogP) is 0.167. The zero-order chi connectivity index (χ0) is 14.1. The van der Waals surface area contributed by atoms with E-state index in [2.05, 4.69) is 5.32 Å². The largest absolute Gasteiger partial charge is 0.464 e. The molecular formula is C13H24N2O4. The Balaban J connectivity index is 2.05. The molecule has 6 nitrogen and oxygen atoms in total. The molecule has 0 radical (unpaired) electrons. The minimum Gasteiger partial charge on any atom is -0.464 e. The lowest BCUT2D eigenvalue weighted by Crippen LogP contribution is -2.44. The fourth-order valence-electron chi connectivity index (χ4n) is 2.00. The molecule has 1 N–H and O–H groups in total. The number of likely N-dealkylation sites (tertiary alicyclic amines) is 1. The molecule has 1 heterocycles. The molecule has 1 unspecified atom stereocenters. The van der Waals surface area contributed by atoms with E-state index in [1.54, 1.807) is 6.92 Å². The standard InChI is InChI=1S/C13H24N2O4/c1-3-19-12(16)10-18-9-6-14-11(2)13(17)15-7-4-5-8-15/h11,14H,3-10H2,1-2H3. The lowest BCUT2D eigenvalue weighted by Gasteiger charge is -2.21. The number of nitrogens with one attached hydrogen (secondary N) is 1. The van der Waals surface area contributed by atoms with Crippen LogP contribution < -0.4 is 5.32 Å². The number of hydrogen-bond donors (Lipinski definition) is 1. The SMILES string of the molecule is CCOC(=O)COCCNC(C)C(=O)N1CCCC1. The molecule has 1 aliphatic heterocycles. The van der Waals surface area contributed by atoms with Gasteiger partial charge >= 0.3 is 5.97 Å². The van der Waals surface area contributed by atoms with Crippen molar-refractivity contribution in [3.8, 4) is 0 Å². The zero-order valence-corrected chi connectivity index (χ0v) is 11.8. The highest BCUT2D eigenvalue weighted by Gasteiger charge is 2.22. The molecule has 1 amide bonds. The minimum atomic E-state index is -0.358. The van der Waals surface area contributed by atoms with Gasteiger partial charge < -0.3 is 19.7 Å². The normalized spacial score (nSPS) is 16.4. The van der Waals surface area contributed by atoms with Gasteiger partial charge in [-0.1, -0.05) is 0 Å². The molecule has 1 fully saturated rings. The van der Waals surface area contributed by atoms with E-state index in [1.165, 1.54) is 0 Å². The van der Waals surface area contributed by atoms with Gasteiger partial charge in [0.1, 0.15) is 6.61 Å². The highest BCUT2D eigenvalue weighted by Crippen LogP contribution is 2.08. The van der Waals surface area contributed by atoms with E-state index < -0.39 is 0 Å². The third kappa shape index (κ3) is 6.02. The summed E-state index contributed by atoms with van der Waals surface area (Å²) in [6, 6.07) is -0.204. The summed E-state index contributed by atoms with van der Waals surface area (Å²) >= 11 is 0. The number of hydrogen-bond acceptors (Lipinski definition) is 5. The van der Waals surface area contributed by atoms with Crippen LogP contribution in [0.5, 0.6) is 0 Å². The molecule has 6 heteroatoms. The second-order valence-electron chi connectivity index (χ2n) is 4.57. The maximum atomic E-state index is 12.0. The first-order valence-corrected chi connectivity index (χ1v) is 6.90. The molecule has 0 aromatic rings. The van der Waals surface area contributed by atoms with Crippen LogP contribution in [0, 0.1) is 0 Å². The van der Waals surface area contributed by atoms with Crippen LogP contribution in [0.15, 0.2) is 0 Å². The molecule has 110 valence electrons. The molecule has 0 aromatic carbocycles. The molecule has 0 aliphatic carbocycles. The third-order valence-electron chi connectivity index (χ3n) is 3.01. The van der Waals surface area contributed by atoms with Gasteiger partial charge in [-0.25, -0.2) is 4.79 Å². The van der Waals surface area contributed by atoms with Crippen molar-refractivity contribution in [2.45, 2.75) is 32.7 Å². The van der Waals surface area contributed by atoms with Crippen LogP contribution in [0.1, 0.15) is 26.7 Å². The number of esters is 1. The van der Waals surface area contributed by atoms with Crippen LogP contribution in [0.3, 0.4) is 0 Å². The Morgan fingerprint density at radius 3 is 2.63 bits per heavy atom. The Morgan fingerprint density at radius 1 is 1.32 bits per heavy atom. The quantitative estimate of drug-likeness (QED) is 0.504. The van der Waals surface area contributed by atoms with E-state index in [1.807, 2.05) is 11.8 Å². The van der Waals surface area contributed by atoms with Crippen molar-refractivity contribution in [2.24, 2.45) is 0 Å². The van der Waals surface area contributed by atoms with Crippen LogP contribution in [-0.2, 0) is 19.1 Å². The van der Waals surface area contributed by atoms with Crippen molar-refractivity contribution >= 4 is 11.9 Å². The van der Waals surface area contributed by atoms with Gasteiger partial charge in [-0.15, -0.1) is 0 Å². The molecular weight excluding hydrogens is 248 g/mol. The van der Waals surface area contributed by atoms with E-state index in [0.29, 0.717) is 19.8 Å². The van der Waals surface area contributed by atoms with Crippen molar-refractivity contribution in [1.29, 1.82) is 0 Å². The fourth-order valence-corrected chi connectivity index (χ4v) is 2.00. The summed E-state index contributed by atoms with van der Waals surface area (Å²) in [4.78, 5) is 24.8. The number of amides is 1. The molecule has 1 aliphatic rings. The Morgan fingerprint density at radius 2 is 2.00 bits per heavy atom. The van der Waals surface area contributed by atoms with E-state index >= 15 is 0 Å². The van der Waals surface area contributed by atoms with E-state index in [-0.39, 0.29) is 24.5 Å². The first-order valence-electron chi connectivity index (χ1n) is 6.90. The van der Waals surface area contributed by atoms with Crippen molar-refractivity contribution in [1.82, 2.24) is 10.2 Å². The Hall–Kier alpha value is -1.14. The number of nitrogens with zero attached hydrogens (tertiary/aromatic N) is 1. The first-order chi connectivity index (χ1) is 9.15. The summed E-state index contributed by atoms with van der Waals surface area (Å²) in [5, 5.41) is 3.10. The summed E-state index contributed by atoms with van der Waals surface area (Å²) < 4.78 is 9.87. The fraction of sp³-hybridized carbons (Fsp3) is 0.846. The maximum absolute atomic E-state index is 12.0. The lowest BCUT2D eigenvalue weighted by molar-refractivity contribution is -0.148. The molecule has 0 spiro atoms. The van der Waals surface area contributed by atoms with E-state index in [9.17, 15) is 9.59 Å². The summed E-state index contributed by atoms with van der Waals surface area (Å²) in [6.45, 7) is 6.59. The van der Waals surface area contributed by atoms with Crippen molar-refractivity contribution < 1.29 is 19.1 Å². The number of carbonyl (C=O) groups is 2. The Kier molecular flexibility index (Phi) is 7.43. The van der Waals surface area contributed by atoms with Gasteiger partial charge in [0.2, 0.25) is 5.91 Å². The van der Waals surface area contributed by atoms with Crippen molar-refractivity contribution in [2.75, 3.05) is 39.5 Å². The van der Waals surface area contributed by atoms with Crippen LogP contribution >= 0.6 is 0 Å². The van der Waals surface area contributed by atoms with Gasteiger partial charge in [0.05, 0.1) is 19.3 Å². The Bertz CT molecular complexity index is 290. The predicted molar refractivity (Wildman–Crippen MR) is 70.7 cm³/mol. The number of rotatable bonds is 8. The van der Waals surface area contributed by atoms with Gasteiger partial charge in [0.25, 0.3) is 0 Å². The van der Waals surface area contributed by atoms with Gasteiger partial charge in [0, 0.05) is 19.6 Å². The highest BCUT2D eigenvalue weighted by molar-refractivity contribution is 5.81. The molecule has 1 atom stereocenters. The number of carbonyl (C=O) groups excluding carboxylic acids is 2. The topological polar surface area (TPSA) is 67.9 Å². The first kappa shape index (κ1) is 15.9. The lowest BCUT2D eigenvalue weighted by atomic mass is 10.3. The van der Waals surface area contributed by atoms with Gasteiger partial charge in [0.15, 0.2) is 0 Å². The summed E-state index contributed by atoms with van der Waals surface area (Å²) in [5.41, 5.74) is 0. The number of ether oxygens (including phenoxy) is 2. The molecule has 19 heavy (non-hydrogen) atoms. The highest BCUT2D eigenvalue weighted by atomic mass is 16.6. The maximum Gasteiger partial charge on any atom is 0.332 e. The molecule has 0 saturated carbocycles. The monoisotopic (exact) mass is 272 g/mol. The zero-order valence-electron chi connectivity index (χ0n) is 11.8. The molecule has 1 rings (SSSR count). The van der Waals surface area contributed by atoms with E-state index in [4.69, 9.17) is 9.47 Å². The van der Waals surface area contributed by atoms with Crippen LogP contribution in [-0.4, -0.2) is 62.3 Å². The molecule has 0 aromatic heterocycles. The van der Waals surface area contributed by atoms with Crippen LogP contribution in [0.25, 0.3) is 0 Å². The van der Waals surface area contributed by atoms with Gasteiger partial charge in [-0.2, -0.15) is 0 Å². The second kappa shape index (κ2) is 8.87. The minimum absolute atomic E-state index is 0.0377. The van der Waals surface area contributed by atoms with Gasteiger partial charge in [-0.05, 0) is 26.7 Å².